The van der Waals surface area contributed by atoms with Crippen molar-refractivity contribution in [2.24, 2.45) is 5.73 Å². The maximum absolute atomic E-state index is 14.2. The SMILES string of the molecule is NC(=O)c1nc2c(cc1F)c(=O)cc(Nc1ccccc1)n2-c1ccccc1. The van der Waals surface area contributed by atoms with Crippen molar-refractivity contribution in [1.29, 1.82) is 0 Å². The predicted molar refractivity (Wildman–Crippen MR) is 106 cm³/mol. The highest BCUT2D eigenvalue weighted by molar-refractivity contribution is 5.94. The van der Waals surface area contributed by atoms with Gasteiger partial charge in [-0.05, 0) is 30.3 Å². The Hall–Kier alpha value is -4.00. The minimum Gasteiger partial charge on any atom is -0.364 e. The van der Waals surface area contributed by atoms with Crippen molar-refractivity contribution in [2.45, 2.75) is 0 Å². The number of carbonyl (C=O) groups excluding carboxylic acids is 1. The molecule has 0 atom stereocenters. The molecule has 0 saturated carbocycles. The molecule has 28 heavy (non-hydrogen) atoms. The average Bonchev–Trinajstić information content (AvgIpc) is 2.69. The van der Waals surface area contributed by atoms with Crippen LogP contribution in [0, 0.1) is 5.82 Å². The number of aromatic nitrogens is 2. The Bertz CT molecular complexity index is 1240. The third-order valence-corrected chi connectivity index (χ3v) is 4.24. The molecular formula is C21H15FN4O2. The Morgan fingerprint density at radius 1 is 1.00 bits per heavy atom. The van der Waals surface area contributed by atoms with Crippen LogP contribution in [0.15, 0.2) is 77.6 Å². The minimum absolute atomic E-state index is 0.0463. The fourth-order valence-electron chi connectivity index (χ4n) is 2.98. The molecule has 4 aromatic rings. The van der Waals surface area contributed by atoms with Crippen molar-refractivity contribution >= 4 is 28.4 Å². The lowest BCUT2D eigenvalue weighted by atomic mass is 10.2. The molecule has 0 aliphatic carbocycles. The summed E-state index contributed by atoms with van der Waals surface area (Å²) < 4.78 is 15.9. The molecule has 7 heteroatoms. The Morgan fingerprint density at radius 2 is 1.64 bits per heavy atom. The summed E-state index contributed by atoms with van der Waals surface area (Å²) >= 11 is 0. The van der Waals surface area contributed by atoms with E-state index in [2.05, 4.69) is 10.3 Å². The van der Waals surface area contributed by atoms with Crippen LogP contribution in [0.25, 0.3) is 16.7 Å². The second-order valence-electron chi connectivity index (χ2n) is 6.11. The smallest absolute Gasteiger partial charge is 0.270 e. The quantitative estimate of drug-likeness (QED) is 0.573. The van der Waals surface area contributed by atoms with Gasteiger partial charge < -0.3 is 11.1 Å². The van der Waals surface area contributed by atoms with E-state index in [0.717, 1.165) is 11.8 Å². The van der Waals surface area contributed by atoms with E-state index in [1.54, 1.807) is 4.57 Å². The lowest BCUT2D eigenvalue weighted by molar-refractivity contribution is 0.0991. The fourth-order valence-corrected chi connectivity index (χ4v) is 2.98. The highest BCUT2D eigenvalue weighted by Gasteiger charge is 2.18. The molecule has 4 rings (SSSR count). The van der Waals surface area contributed by atoms with Crippen LogP contribution in [0.1, 0.15) is 10.5 Å². The molecule has 0 aliphatic rings. The number of nitrogens with one attached hydrogen (secondary N) is 1. The van der Waals surface area contributed by atoms with Crippen LogP contribution in [0.2, 0.25) is 0 Å². The maximum atomic E-state index is 14.2. The van der Waals surface area contributed by atoms with Crippen LogP contribution in [0.4, 0.5) is 15.9 Å². The van der Waals surface area contributed by atoms with Gasteiger partial charge in [-0.3, -0.25) is 14.2 Å². The van der Waals surface area contributed by atoms with Gasteiger partial charge in [0.25, 0.3) is 5.91 Å². The van der Waals surface area contributed by atoms with Gasteiger partial charge in [0.1, 0.15) is 5.82 Å². The van der Waals surface area contributed by atoms with Crippen molar-refractivity contribution < 1.29 is 9.18 Å². The fraction of sp³-hybridized carbons (Fsp3) is 0. The number of nitrogens with zero attached hydrogens (tertiary/aromatic N) is 2. The lowest BCUT2D eigenvalue weighted by Gasteiger charge is -2.18. The van der Waals surface area contributed by atoms with Crippen molar-refractivity contribution in [3.63, 3.8) is 0 Å². The topological polar surface area (TPSA) is 90.0 Å². The van der Waals surface area contributed by atoms with Crippen molar-refractivity contribution in [3.05, 3.63) is 94.5 Å². The summed E-state index contributed by atoms with van der Waals surface area (Å²) in [6.07, 6.45) is 0. The third kappa shape index (κ3) is 3.09. The lowest BCUT2D eigenvalue weighted by Crippen LogP contribution is -2.19. The van der Waals surface area contributed by atoms with Crippen LogP contribution in [-0.2, 0) is 0 Å². The number of halogens is 1. The van der Waals surface area contributed by atoms with E-state index in [0.29, 0.717) is 11.5 Å². The summed E-state index contributed by atoms with van der Waals surface area (Å²) in [6, 6.07) is 20.8. The van der Waals surface area contributed by atoms with Gasteiger partial charge in [0.15, 0.2) is 22.6 Å². The average molecular weight is 374 g/mol. The number of hydrogen-bond acceptors (Lipinski definition) is 4. The van der Waals surface area contributed by atoms with Gasteiger partial charge in [0.05, 0.1) is 5.39 Å². The molecule has 0 spiro atoms. The number of benzene rings is 2. The zero-order chi connectivity index (χ0) is 19.7. The van der Waals surface area contributed by atoms with E-state index in [4.69, 9.17) is 5.73 Å². The number of fused-ring (bicyclic) bond motifs is 1. The van der Waals surface area contributed by atoms with Crippen molar-refractivity contribution in [3.8, 4) is 5.69 Å². The number of hydrogen-bond donors (Lipinski definition) is 2. The van der Waals surface area contributed by atoms with Crippen LogP contribution in [-0.4, -0.2) is 15.5 Å². The molecule has 1 amide bonds. The van der Waals surface area contributed by atoms with Gasteiger partial charge in [-0.1, -0.05) is 36.4 Å². The summed E-state index contributed by atoms with van der Waals surface area (Å²) in [6.45, 7) is 0. The minimum atomic E-state index is -1.01. The molecule has 138 valence electrons. The molecule has 0 saturated heterocycles. The number of anilines is 2. The Morgan fingerprint density at radius 3 is 2.29 bits per heavy atom. The first-order valence-corrected chi connectivity index (χ1v) is 8.48. The number of amides is 1. The van der Waals surface area contributed by atoms with Crippen molar-refractivity contribution in [2.75, 3.05) is 5.32 Å². The van der Waals surface area contributed by atoms with Gasteiger partial charge in [0.2, 0.25) is 0 Å². The van der Waals surface area contributed by atoms with Gasteiger partial charge in [-0.2, -0.15) is 0 Å². The number of carbonyl (C=O) groups is 1. The second kappa shape index (κ2) is 6.96. The highest BCUT2D eigenvalue weighted by atomic mass is 19.1. The Kier molecular flexibility index (Phi) is 4.33. The molecule has 0 aliphatic heterocycles. The highest BCUT2D eigenvalue weighted by Crippen LogP contribution is 2.25. The summed E-state index contributed by atoms with van der Waals surface area (Å²) in [5, 5.41) is 3.23. The monoisotopic (exact) mass is 374 g/mol. The summed E-state index contributed by atoms with van der Waals surface area (Å²) in [5.74, 6) is -1.52. The van der Waals surface area contributed by atoms with E-state index >= 15 is 0 Å². The zero-order valence-corrected chi connectivity index (χ0v) is 14.6. The molecule has 2 aromatic carbocycles. The molecule has 2 aromatic heterocycles. The molecule has 3 N–H and O–H groups in total. The van der Waals surface area contributed by atoms with Gasteiger partial charge in [-0.15, -0.1) is 0 Å². The van der Waals surface area contributed by atoms with Gasteiger partial charge >= 0.3 is 0 Å². The molecular weight excluding hydrogens is 359 g/mol. The molecule has 0 radical (unpaired) electrons. The van der Waals surface area contributed by atoms with Crippen LogP contribution in [0.3, 0.4) is 0 Å². The number of primary amides is 1. The van der Waals surface area contributed by atoms with E-state index in [-0.39, 0.29) is 11.0 Å². The summed E-state index contributed by atoms with van der Waals surface area (Å²) in [4.78, 5) is 28.3. The number of para-hydroxylation sites is 2. The Labute approximate surface area is 159 Å². The zero-order valence-electron chi connectivity index (χ0n) is 14.6. The molecule has 0 unspecified atom stereocenters. The van der Waals surface area contributed by atoms with E-state index in [9.17, 15) is 14.0 Å². The number of rotatable bonds is 4. The third-order valence-electron chi connectivity index (χ3n) is 4.24. The maximum Gasteiger partial charge on any atom is 0.270 e. The van der Waals surface area contributed by atoms with Crippen LogP contribution < -0.4 is 16.5 Å². The normalized spacial score (nSPS) is 10.8. The van der Waals surface area contributed by atoms with Crippen molar-refractivity contribution in [1.82, 2.24) is 9.55 Å². The number of nitrogens with two attached hydrogens (primary N) is 1. The second-order valence-corrected chi connectivity index (χ2v) is 6.11. The van der Waals surface area contributed by atoms with Crippen LogP contribution >= 0.6 is 0 Å². The van der Waals surface area contributed by atoms with E-state index < -0.39 is 22.8 Å². The number of pyridine rings is 2. The first-order valence-electron chi connectivity index (χ1n) is 8.48. The van der Waals surface area contributed by atoms with Crippen LogP contribution in [0.5, 0.6) is 0 Å². The predicted octanol–water partition coefficient (Wildman–Crippen LogP) is 3.37. The van der Waals surface area contributed by atoms with E-state index in [1.807, 2.05) is 60.7 Å². The first kappa shape index (κ1) is 17.4. The van der Waals surface area contributed by atoms with E-state index in [1.165, 1.54) is 6.07 Å². The summed E-state index contributed by atoms with van der Waals surface area (Å²) in [5.41, 5.74) is 5.87. The molecule has 6 nitrogen and oxygen atoms in total. The summed E-state index contributed by atoms with van der Waals surface area (Å²) in [7, 11) is 0. The standard InChI is InChI=1S/C21H15FN4O2/c22-16-11-15-17(27)12-18(24-13-7-3-1-4-8-13)26(14-9-5-2-6-10-14)21(15)25-19(16)20(23)28/h1-12,24H,(H2,23,28). The molecule has 2 heterocycles. The Balaban J connectivity index is 2.07. The van der Waals surface area contributed by atoms with Gasteiger partial charge in [-0.25, -0.2) is 9.37 Å². The van der Waals surface area contributed by atoms with Gasteiger partial charge in [0, 0.05) is 17.4 Å². The largest absolute Gasteiger partial charge is 0.364 e. The molecule has 0 bridgehead atoms. The first-order chi connectivity index (χ1) is 13.5. The molecule has 0 fully saturated rings.